The minimum atomic E-state index is -1.15. The van der Waals surface area contributed by atoms with Crippen LogP contribution in [-0.4, -0.2) is 99.9 Å². The summed E-state index contributed by atoms with van der Waals surface area (Å²) >= 11 is -0.958. The zero-order valence-corrected chi connectivity index (χ0v) is 25.4. The number of carbonyl (C=O) groups is 4. The number of alkyl halides is 1. The van der Waals surface area contributed by atoms with E-state index in [1.807, 2.05) is 54.6 Å². The van der Waals surface area contributed by atoms with Crippen LogP contribution in [-0.2, 0) is 41.5 Å². The number of rotatable bonds is 9. The predicted molar refractivity (Wildman–Crippen MR) is 148 cm³/mol. The molecule has 0 aliphatic carbocycles. The van der Waals surface area contributed by atoms with Crippen molar-refractivity contribution in [3.8, 4) is 0 Å². The Labute approximate surface area is 251 Å². The average molecular weight is 695 g/mol. The number of hydrogen-bond donors (Lipinski definition) is 2. The van der Waals surface area contributed by atoms with Crippen LogP contribution in [0, 0.1) is 0 Å². The molecule has 0 saturated carbocycles. The van der Waals surface area contributed by atoms with Gasteiger partial charge < -0.3 is 0 Å². The molecule has 0 spiro atoms. The molecule has 4 atom stereocenters. The number of nitrogens with zero attached hydrogens (tertiary/aromatic N) is 2. The second-order valence-electron chi connectivity index (χ2n) is 10.2. The Bertz CT molecular complexity index is 1260. The number of carboxylic acids is 1. The number of aliphatic carboxylic acids is 1. The average Bonchev–Trinajstić information content (AvgIpc) is 3.10. The Morgan fingerprint density at radius 1 is 1.02 bits per heavy atom. The summed E-state index contributed by atoms with van der Waals surface area (Å²) < 4.78 is 10.5. The third-order valence-corrected chi connectivity index (χ3v) is 13.1. The van der Waals surface area contributed by atoms with Crippen molar-refractivity contribution in [2.75, 3.05) is 46.1 Å². The quantitative estimate of drug-likeness (QED) is 0.233. The molecule has 2 N–H and O–H groups in total. The molecule has 2 aromatic carbocycles. The standard InChI is InChI=1S/C29H33IN3O7S/c34-26(16-32-10-12-39-13-11-32)41-30-22(14-19-6-2-1-3-7-19)27(35)31-23-15-20-8-4-5-9-21(20)24-17-40-18-25(29(37)38)33(24)28(23)36/h1-9,22-25H,10-18H2,(H,31,35)(H,37,38)/q-1/t22-,23-,24+,25?/m0/s1. The van der Waals surface area contributed by atoms with Crippen LogP contribution in [0.4, 0.5) is 0 Å². The van der Waals surface area contributed by atoms with E-state index in [1.165, 1.54) is 13.8 Å². The van der Waals surface area contributed by atoms with Crippen LogP contribution < -0.4 is 25.1 Å². The van der Waals surface area contributed by atoms with Crippen LogP contribution in [0.2, 0.25) is 0 Å². The molecular formula is C29H33IN3O7S-. The fourth-order valence-electron chi connectivity index (χ4n) is 5.37. The molecule has 10 nitrogen and oxygen atoms in total. The molecule has 41 heavy (non-hydrogen) atoms. The number of hydrogen-bond acceptors (Lipinski definition) is 8. The van der Waals surface area contributed by atoms with Crippen LogP contribution >= 0.6 is 8.93 Å². The number of carbonyl (C=O) groups excluding carboxylic acids is 3. The molecule has 0 bridgehead atoms. The number of amides is 2. The summed E-state index contributed by atoms with van der Waals surface area (Å²) in [6.07, 6.45) is 0.701. The van der Waals surface area contributed by atoms with Gasteiger partial charge in [0.1, 0.15) is 0 Å². The molecular weight excluding hydrogens is 661 g/mol. The number of benzene rings is 2. The Morgan fingerprint density at radius 2 is 1.76 bits per heavy atom. The van der Waals surface area contributed by atoms with Crippen LogP contribution in [0.3, 0.4) is 0 Å². The number of nitrogens with one attached hydrogen (secondary N) is 1. The zero-order valence-electron chi connectivity index (χ0n) is 22.4. The van der Waals surface area contributed by atoms with Gasteiger partial charge in [-0.25, -0.2) is 0 Å². The normalized spacial score (nSPS) is 23.7. The fourth-order valence-corrected chi connectivity index (χ4v) is 10.1. The van der Waals surface area contributed by atoms with E-state index in [9.17, 15) is 24.3 Å². The van der Waals surface area contributed by atoms with E-state index in [4.69, 9.17) is 9.47 Å². The SMILES string of the molecule is O=C(CN1CCOCC1)S[I-][C@@H](Cc1ccccc1)C(=O)N[C@H]1Cc2ccccc2[C@H]2COCC(C(=O)O)N2C1=O. The van der Waals surface area contributed by atoms with Gasteiger partial charge in [0.2, 0.25) is 0 Å². The van der Waals surface area contributed by atoms with Crippen molar-refractivity contribution in [2.24, 2.45) is 0 Å². The van der Waals surface area contributed by atoms with Crippen molar-refractivity contribution >= 4 is 31.8 Å². The third kappa shape index (κ3) is 7.47. The number of carboxylic acid groups (broad SMARTS) is 1. The third-order valence-electron chi connectivity index (χ3n) is 7.45. The molecule has 2 saturated heterocycles. The first-order chi connectivity index (χ1) is 19.9. The van der Waals surface area contributed by atoms with E-state index < -0.39 is 53.7 Å². The first kappa shape index (κ1) is 30.0. The summed E-state index contributed by atoms with van der Waals surface area (Å²) in [4.78, 5) is 56.1. The van der Waals surface area contributed by atoms with Gasteiger partial charge in [-0.1, -0.05) is 0 Å². The summed E-state index contributed by atoms with van der Waals surface area (Å²) in [5, 5.41) is 12.9. The van der Waals surface area contributed by atoms with E-state index in [1.54, 1.807) is 0 Å². The van der Waals surface area contributed by atoms with Crippen LogP contribution in [0.1, 0.15) is 22.7 Å². The minimum absolute atomic E-state index is 0.0329. The maximum absolute atomic E-state index is 13.9. The van der Waals surface area contributed by atoms with Gasteiger partial charge in [-0.3, -0.25) is 0 Å². The molecule has 0 radical (unpaired) electrons. The molecule has 3 heterocycles. The van der Waals surface area contributed by atoms with Gasteiger partial charge in [-0.05, 0) is 0 Å². The predicted octanol–water partition coefficient (Wildman–Crippen LogP) is -1.71. The maximum atomic E-state index is 13.9. The summed E-state index contributed by atoms with van der Waals surface area (Å²) in [6, 6.07) is 14.5. The second kappa shape index (κ2) is 14.1. The van der Waals surface area contributed by atoms with Crippen molar-refractivity contribution < 1.29 is 53.6 Å². The molecule has 1 unspecified atom stereocenters. The molecule has 2 amide bonds. The van der Waals surface area contributed by atoms with Crippen molar-refractivity contribution in [3.05, 3.63) is 71.3 Å². The van der Waals surface area contributed by atoms with Gasteiger partial charge in [0.05, 0.1) is 0 Å². The monoisotopic (exact) mass is 694 g/mol. The number of morpholine rings is 2. The molecule has 2 aromatic rings. The summed E-state index contributed by atoms with van der Waals surface area (Å²) in [7, 11) is 1.24. The number of ether oxygens (including phenoxy) is 2. The van der Waals surface area contributed by atoms with Crippen molar-refractivity contribution in [1.29, 1.82) is 0 Å². The van der Waals surface area contributed by atoms with E-state index in [0.717, 1.165) is 16.7 Å². The van der Waals surface area contributed by atoms with E-state index in [0.29, 0.717) is 39.3 Å². The van der Waals surface area contributed by atoms with Crippen LogP contribution in [0.25, 0.3) is 0 Å². The molecule has 5 rings (SSSR count). The first-order valence-electron chi connectivity index (χ1n) is 13.6. The van der Waals surface area contributed by atoms with Crippen molar-refractivity contribution in [3.63, 3.8) is 0 Å². The summed E-state index contributed by atoms with van der Waals surface area (Å²) in [5.41, 5.74) is 2.68. The topological polar surface area (TPSA) is 125 Å². The summed E-state index contributed by atoms with van der Waals surface area (Å²) in [5.74, 6) is -1.86. The van der Waals surface area contributed by atoms with Crippen molar-refractivity contribution in [1.82, 2.24) is 15.1 Å². The number of halogens is 1. The molecule has 3 aliphatic rings. The van der Waals surface area contributed by atoms with Gasteiger partial charge in [-0.15, -0.1) is 0 Å². The molecule has 12 heteroatoms. The second-order valence-corrected chi connectivity index (χ2v) is 15.3. The Kier molecular flexibility index (Phi) is 10.3. The fraction of sp³-hybridized carbons (Fsp3) is 0.448. The van der Waals surface area contributed by atoms with Gasteiger partial charge in [0, 0.05) is 0 Å². The Morgan fingerprint density at radius 3 is 2.51 bits per heavy atom. The number of fused-ring (bicyclic) bond motifs is 3. The summed E-state index contributed by atoms with van der Waals surface area (Å²) in [6.45, 7) is 3.05. The Hall–Kier alpha value is -2.52. The van der Waals surface area contributed by atoms with Crippen molar-refractivity contribution in [2.45, 2.75) is 34.9 Å². The van der Waals surface area contributed by atoms with E-state index in [2.05, 4.69) is 10.2 Å². The van der Waals surface area contributed by atoms with E-state index in [-0.39, 0.29) is 30.7 Å². The van der Waals surface area contributed by atoms with Crippen LogP contribution in [0.5, 0.6) is 0 Å². The van der Waals surface area contributed by atoms with Gasteiger partial charge in [-0.2, -0.15) is 0 Å². The van der Waals surface area contributed by atoms with E-state index >= 15 is 0 Å². The zero-order chi connectivity index (χ0) is 28.8. The molecule has 220 valence electrons. The van der Waals surface area contributed by atoms with Crippen LogP contribution in [0.15, 0.2) is 54.6 Å². The Balaban J connectivity index is 1.34. The van der Waals surface area contributed by atoms with Gasteiger partial charge >= 0.3 is 253 Å². The molecule has 0 aromatic heterocycles. The first-order valence-corrected chi connectivity index (χ1v) is 18.2. The van der Waals surface area contributed by atoms with Gasteiger partial charge in [0.25, 0.3) is 0 Å². The van der Waals surface area contributed by atoms with Gasteiger partial charge in [0.15, 0.2) is 0 Å². The molecule has 2 fully saturated rings. The molecule has 3 aliphatic heterocycles.